The highest BCUT2D eigenvalue weighted by molar-refractivity contribution is 7.08. The van der Waals surface area contributed by atoms with Crippen LogP contribution in [0.4, 0.5) is 0 Å². The van der Waals surface area contributed by atoms with Gasteiger partial charge in [-0.2, -0.15) is 11.3 Å². The van der Waals surface area contributed by atoms with Crippen LogP contribution >= 0.6 is 11.3 Å². The van der Waals surface area contributed by atoms with E-state index in [9.17, 15) is 9.90 Å². The van der Waals surface area contributed by atoms with Gasteiger partial charge in [0.15, 0.2) is 0 Å². The molecule has 1 heterocycles. The van der Waals surface area contributed by atoms with Crippen LogP contribution in [0.25, 0.3) is 0 Å². The summed E-state index contributed by atoms with van der Waals surface area (Å²) in [7, 11) is 0. The molecule has 1 aromatic carbocycles. The van der Waals surface area contributed by atoms with Crippen LogP contribution in [0.3, 0.4) is 0 Å². The molecule has 18 heavy (non-hydrogen) atoms. The number of carboxylic acids is 1. The number of aryl methyl sites for hydroxylation is 1. The van der Waals surface area contributed by atoms with E-state index in [2.05, 4.69) is 10.7 Å². The normalized spacial score (nSPS) is 12.3. The minimum absolute atomic E-state index is 0.571. The first-order chi connectivity index (χ1) is 8.68. The van der Waals surface area contributed by atoms with Gasteiger partial charge in [0.05, 0.1) is 0 Å². The van der Waals surface area contributed by atoms with Crippen molar-refractivity contribution >= 4 is 17.3 Å². The van der Waals surface area contributed by atoms with Gasteiger partial charge in [0, 0.05) is 6.54 Å². The van der Waals surface area contributed by atoms with Crippen LogP contribution in [-0.2, 0) is 11.3 Å². The van der Waals surface area contributed by atoms with Crippen molar-refractivity contribution in [2.45, 2.75) is 19.5 Å². The molecule has 94 valence electrons. The zero-order valence-corrected chi connectivity index (χ0v) is 10.9. The maximum atomic E-state index is 11.3. The Hall–Kier alpha value is -1.65. The summed E-state index contributed by atoms with van der Waals surface area (Å²) in [5.74, 6) is -0.853. The zero-order valence-electron chi connectivity index (χ0n) is 10.1. The Bertz CT molecular complexity index is 522. The molecule has 3 nitrogen and oxygen atoms in total. The Morgan fingerprint density at radius 2 is 2.06 bits per heavy atom. The third kappa shape index (κ3) is 2.97. The fourth-order valence-corrected chi connectivity index (χ4v) is 2.63. The summed E-state index contributed by atoms with van der Waals surface area (Å²) in [5, 5.41) is 16.5. The highest BCUT2D eigenvalue weighted by Gasteiger charge is 2.18. The second-order valence-electron chi connectivity index (χ2n) is 4.14. The van der Waals surface area contributed by atoms with Crippen LogP contribution in [0.15, 0.2) is 41.1 Å². The fraction of sp³-hybridized carbons (Fsp3) is 0.214. The Kier molecular flexibility index (Phi) is 4.12. The molecule has 0 fully saturated rings. The number of aliphatic carboxylic acids is 1. The molecule has 2 N–H and O–H groups in total. The summed E-state index contributed by atoms with van der Waals surface area (Å²) < 4.78 is 0. The smallest absolute Gasteiger partial charge is 0.325 e. The van der Waals surface area contributed by atoms with Gasteiger partial charge in [-0.1, -0.05) is 30.3 Å². The maximum absolute atomic E-state index is 11.3. The molecule has 0 aliphatic rings. The van der Waals surface area contributed by atoms with Crippen LogP contribution in [0, 0.1) is 6.92 Å². The van der Waals surface area contributed by atoms with E-state index >= 15 is 0 Å². The average Bonchev–Trinajstić information content (AvgIpc) is 2.76. The van der Waals surface area contributed by atoms with Crippen LogP contribution < -0.4 is 5.32 Å². The number of rotatable bonds is 5. The van der Waals surface area contributed by atoms with E-state index in [1.54, 1.807) is 11.3 Å². The van der Waals surface area contributed by atoms with Crippen molar-refractivity contribution < 1.29 is 9.90 Å². The number of nitrogens with one attached hydrogen (secondary N) is 1. The van der Waals surface area contributed by atoms with Crippen molar-refractivity contribution in [3.8, 4) is 0 Å². The van der Waals surface area contributed by atoms with E-state index in [4.69, 9.17) is 0 Å². The van der Waals surface area contributed by atoms with E-state index < -0.39 is 12.0 Å². The van der Waals surface area contributed by atoms with Crippen molar-refractivity contribution in [3.63, 3.8) is 0 Å². The van der Waals surface area contributed by atoms with E-state index in [1.165, 1.54) is 5.56 Å². The molecule has 0 aliphatic heterocycles. The SMILES string of the molecule is Cc1cscc1CNC(C(=O)O)c1ccccc1. The first-order valence-electron chi connectivity index (χ1n) is 5.71. The van der Waals surface area contributed by atoms with E-state index in [-0.39, 0.29) is 0 Å². The Morgan fingerprint density at radius 3 is 2.61 bits per heavy atom. The van der Waals surface area contributed by atoms with Gasteiger partial charge in [0.1, 0.15) is 6.04 Å². The molecule has 2 rings (SSSR count). The van der Waals surface area contributed by atoms with Crippen molar-refractivity contribution in [1.29, 1.82) is 0 Å². The second kappa shape index (κ2) is 5.80. The number of thiophene rings is 1. The molecule has 1 atom stereocenters. The van der Waals surface area contributed by atoms with E-state index in [0.29, 0.717) is 6.54 Å². The second-order valence-corrected chi connectivity index (χ2v) is 4.89. The lowest BCUT2D eigenvalue weighted by atomic mass is 10.1. The lowest BCUT2D eigenvalue weighted by molar-refractivity contribution is -0.139. The van der Waals surface area contributed by atoms with Crippen molar-refractivity contribution in [2.24, 2.45) is 0 Å². The predicted molar refractivity (Wildman–Crippen MR) is 72.7 cm³/mol. The summed E-state index contributed by atoms with van der Waals surface area (Å²) >= 11 is 1.63. The Labute approximate surface area is 110 Å². The van der Waals surface area contributed by atoms with Crippen LogP contribution in [0.2, 0.25) is 0 Å². The molecule has 0 saturated carbocycles. The number of carbonyl (C=O) groups is 1. The minimum atomic E-state index is -0.853. The Balaban J connectivity index is 2.09. The first kappa shape index (κ1) is 12.8. The molecular weight excluding hydrogens is 246 g/mol. The van der Waals surface area contributed by atoms with Gasteiger partial charge in [-0.3, -0.25) is 10.1 Å². The van der Waals surface area contributed by atoms with Gasteiger partial charge in [-0.05, 0) is 34.4 Å². The molecule has 1 unspecified atom stereocenters. The van der Waals surface area contributed by atoms with Crippen LogP contribution in [0.5, 0.6) is 0 Å². The molecule has 0 amide bonds. The van der Waals surface area contributed by atoms with Gasteiger partial charge in [-0.15, -0.1) is 0 Å². The number of benzene rings is 1. The topological polar surface area (TPSA) is 49.3 Å². The van der Waals surface area contributed by atoms with Gasteiger partial charge in [0.2, 0.25) is 0 Å². The summed E-state index contributed by atoms with van der Waals surface area (Å²) in [5.41, 5.74) is 3.13. The quantitative estimate of drug-likeness (QED) is 0.870. The van der Waals surface area contributed by atoms with Gasteiger partial charge >= 0.3 is 5.97 Å². The summed E-state index contributed by atoms with van der Waals surface area (Å²) in [6.07, 6.45) is 0. The van der Waals surface area contributed by atoms with Crippen LogP contribution in [-0.4, -0.2) is 11.1 Å². The molecule has 0 spiro atoms. The lowest BCUT2D eigenvalue weighted by Gasteiger charge is -2.14. The van der Waals surface area contributed by atoms with E-state index in [0.717, 1.165) is 11.1 Å². The summed E-state index contributed by atoms with van der Waals surface area (Å²) in [6, 6.07) is 8.57. The fourth-order valence-electron chi connectivity index (χ4n) is 1.77. The van der Waals surface area contributed by atoms with Crippen molar-refractivity contribution in [2.75, 3.05) is 0 Å². The molecule has 0 bridgehead atoms. The molecule has 1 aromatic heterocycles. The summed E-state index contributed by atoms with van der Waals surface area (Å²) in [4.78, 5) is 11.3. The molecule has 2 aromatic rings. The summed E-state index contributed by atoms with van der Waals surface area (Å²) in [6.45, 7) is 2.60. The highest BCUT2D eigenvalue weighted by atomic mass is 32.1. The molecule has 0 saturated heterocycles. The van der Waals surface area contributed by atoms with Gasteiger partial charge < -0.3 is 5.11 Å². The molecule has 4 heteroatoms. The monoisotopic (exact) mass is 261 g/mol. The standard InChI is InChI=1S/C14H15NO2S/c1-10-8-18-9-12(10)7-15-13(14(16)17)11-5-3-2-4-6-11/h2-6,8-9,13,15H,7H2,1H3,(H,16,17). The number of carboxylic acid groups (broad SMARTS) is 1. The van der Waals surface area contributed by atoms with Gasteiger partial charge in [-0.25, -0.2) is 0 Å². The minimum Gasteiger partial charge on any atom is -0.480 e. The Morgan fingerprint density at radius 1 is 1.33 bits per heavy atom. The third-order valence-electron chi connectivity index (χ3n) is 2.84. The molecule has 0 radical (unpaired) electrons. The zero-order chi connectivity index (χ0) is 13.0. The first-order valence-corrected chi connectivity index (χ1v) is 6.65. The predicted octanol–water partition coefficient (Wildman–Crippen LogP) is 2.97. The maximum Gasteiger partial charge on any atom is 0.325 e. The van der Waals surface area contributed by atoms with E-state index in [1.807, 2.05) is 42.6 Å². The molecule has 0 aliphatic carbocycles. The van der Waals surface area contributed by atoms with Crippen LogP contribution in [0.1, 0.15) is 22.7 Å². The molecular formula is C14H15NO2S. The average molecular weight is 261 g/mol. The highest BCUT2D eigenvalue weighted by Crippen LogP contribution is 2.17. The van der Waals surface area contributed by atoms with Crippen molar-refractivity contribution in [1.82, 2.24) is 5.32 Å². The lowest BCUT2D eigenvalue weighted by Crippen LogP contribution is -2.28. The largest absolute Gasteiger partial charge is 0.480 e. The third-order valence-corrected chi connectivity index (χ3v) is 3.75. The van der Waals surface area contributed by atoms with Crippen molar-refractivity contribution in [3.05, 3.63) is 57.8 Å². The van der Waals surface area contributed by atoms with Gasteiger partial charge in [0.25, 0.3) is 0 Å². The number of hydrogen-bond donors (Lipinski definition) is 2. The number of hydrogen-bond acceptors (Lipinski definition) is 3.